The smallest absolute Gasteiger partial charge is 0.497 e. The van der Waals surface area contributed by atoms with E-state index in [2.05, 4.69) is 4.74 Å². The maximum Gasteiger partial charge on any atom is 0.513 e. The lowest BCUT2D eigenvalue weighted by Crippen LogP contribution is -2.16. The molecule has 0 radical (unpaired) electrons. The first-order valence-electron chi connectivity index (χ1n) is 5.33. The quantitative estimate of drug-likeness (QED) is 0.586. The van der Waals surface area contributed by atoms with E-state index >= 15 is 0 Å². The fraction of sp³-hybridized carbons (Fsp3) is 0.462. The van der Waals surface area contributed by atoms with Crippen molar-refractivity contribution >= 4 is 6.16 Å². The molecule has 1 aromatic rings. The van der Waals surface area contributed by atoms with E-state index in [-0.39, 0.29) is 5.41 Å². The van der Waals surface area contributed by atoms with Gasteiger partial charge < -0.3 is 14.2 Å². The first-order chi connectivity index (χ1) is 7.88. The number of carbonyl (C=O) groups excluding carboxylic acids is 1. The largest absolute Gasteiger partial charge is 0.513 e. The van der Waals surface area contributed by atoms with Crippen LogP contribution in [0.15, 0.2) is 18.2 Å². The molecule has 0 N–H and O–H groups in total. The highest BCUT2D eigenvalue weighted by Gasteiger charge is 2.21. The van der Waals surface area contributed by atoms with Crippen LogP contribution in [-0.2, 0) is 10.2 Å². The van der Waals surface area contributed by atoms with Crippen LogP contribution in [-0.4, -0.2) is 20.4 Å². The zero-order valence-electron chi connectivity index (χ0n) is 10.9. The summed E-state index contributed by atoms with van der Waals surface area (Å²) in [6, 6.07) is 5.31. The molecular weight excluding hydrogens is 220 g/mol. The van der Waals surface area contributed by atoms with Crippen molar-refractivity contribution in [3.8, 4) is 11.5 Å². The lowest BCUT2D eigenvalue weighted by atomic mass is 9.86. The van der Waals surface area contributed by atoms with Gasteiger partial charge in [0.15, 0.2) is 0 Å². The molecule has 0 amide bonds. The minimum Gasteiger partial charge on any atom is -0.497 e. The molecule has 0 aromatic heterocycles. The van der Waals surface area contributed by atoms with Gasteiger partial charge in [-0.15, -0.1) is 0 Å². The van der Waals surface area contributed by atoms with Gasteiger partial charge in [-0.25, -0.2) is 4.79 Å². The first-order valence-corrected chi connectivity index (χ1v) is 5.33. The minimum absolute atomic E-state index is 0.155. The summed E-state index contributed by atoms with van der Waals surface area (Å²) in [7, 11) is 2.88. The molecule has 4 nitrogen and oxygen atoms in total. The van der Waals surface area contributed by atoms with E-state index in [1.807, 2.05) is 26.8 Å². The van der Waals surface area contributed by atoms with Crippen LogP contribution < -0.4 is 9.47 Å². The van der Waals surface area contributed by atoms with E-state index in [9.17, 15) is 4.79 Å². The lowest BCUT2D eigenvalue weighted by molar-refractivity contribution is 0.120. The molecule has 0 saturated heterocycles. The highest BCUT2D eigenvalue weighted by Crippen LogP contribution is 2.34. The Morgan fingerprint density at radius 3 is 2.29 bits per heavy atom. The van der Waals surface area contributed by atoms with Crippen molar-refractivity contribution in [3.63, 3.8) is 0 Å². The van der Waals surface area contributed by atoms with Crippen LogP contribution in [0, 0.1) is 0 Å². The van der Waals surface area contributed by atoms with E-state index in [1.54, 1.807) is 19.2 Å². The molecule has 17 heavy (non-hydrogen) atoms. The number of rotatable bonds is 2. The molecule has 0 saturated carbocycles. The summed E-state index contributed by atoms with van der Waals surface area (Å²) in [4.78, 5) is 11.1. The average molecular weight is 238 g/mol. The van der Waals surface area contributed by atoms with Crippen molar-refractivity contribution in [2.24, 2.45) is 0 Å². The zero-order chi connectivity index (χ0) is 13.1. The van der Waals surface area contributed by atoms with Crippen molar-refractivity contribution < 1.29 is 19.0 Å². The fourth-order valence-electron chi connectivity index (χ4n) is 1.44. The van der Waals surface area contributed by atoms with Crippen LogP contribution in [0.25, 0.3) is 0 Å². The highest BCUT2D eigenvalue weighted by atomic mass is 16.7. The maximum atomic E-state index is 11.1. The highest BCUT2D eigenvalue weighted by molar-refractivity contribution is 5.65. The summed E-state index contributed by atoms with van der Waals surface area (Å²) in [5.74, 6) is 1.22. The number of methoxy groups -OCH3 is 2. The van der Waals surface area contributed by atoms with Gasteiger partial charge in [0, 0.05) is 5.56 Å². The van der Waals surface area contributed by atoms with Gasteiger partial charge in [-0.05, 0) is 23.6 Å². The molecule has 0 heterocycles. The summed E-state index contributed by atoms with van der Waals surface area (Å²) < 4.78 is 14.8. The molecule has 0 bridgehead atoms. The average Bonchev–Trinajstić information content (AvgIpc) is 2.28. The number of hydrogen-bond acceptors (Lipinski definition) is 4. The van der Waals surface area contributed by atoms with Crippen molar-refractivity contribution in [2.75, 3.05) is 14.2 Å². The maximum absolute atomic E-state index is 11.1. The van der Waals surface area contributed by atoms with E-state index in [4.69, 9.17) is 9.47 Å². The third kappa shape index (κ3) is 3.37. The lowest BCUT2D eigenvalue weighted by Gasteiger charge is -2.22. The molecule has 1 aromatic carbocycles. The summed E-state index contributed by atoms with van der Waals surface area (Å²) in [6.07, 6.45) is -0.722. The third-order valence-corrected chi connectivity index (χ3v) is 2.35. The predicted octanol–water partition coefficient (Wildman–Crippen LogP) is 3.14. The summed E-state index contributed by atoms with van der Waals surface area (Å²) in [5, 5.41) is 0. The first kappa shape index (κ1) is 13.4. The van der Waals surface area contributed by atoms with Crippen molar-refractivity contribution in [1.82, 2.24) is 0 Å². The molecule has 0 unspecified atom stereocenters. The van der Waals surface area contributed by atoms with Crippen LogP contribution in [0.2, 0.25) is 0 Å². The molecular formula is C13H18O4. The normalized spacial score (nSPS) is 10.9. The summed E-state index contributed by atoms with van der Waals surface area (Å²) in [6.45, 7) is 6.10. The van der Waals surface area contributed by atoms with Gasteiger partial charge in [-0.3, -0.25) is 0 Å². The Labute approximate surface area is 101 Å². The van der Waals surface area contributed by atoms with Crippen molar-refractivity contribution in [2.45, 2.75) is 26.2 Å². The monoisotopic (exact) mass is 238 g/mol. The molecule has 0 aliphatic heterocycles. The second-order valence-corrected chi connectivity index (χ2v) is 4.67. The Morgan fingerprint density at radius 2 is 1.82 bits per heavy atom. The van der Waals surface area contributed by atoms with Gasteiger partial charge in [0.05, 0.1) is 14.2 Å². The van der Waals surface area contributed by atoms with Gasteiger partial charge in [-0.1, -0.05) is 20.8 Å². The third-order valence-electron chi connectivity index (χ3n) is 2.35. The van der Waals surface area contributed by atoms with Gasteiger partial charge >= 0.3 is 6.16 Å². The van der Waals surface area contributed by atoms with Crippen LogP contribution in [0.3, 0.4) is 0 Å². The summed E-state index contributed by atoms with van der Waals surface area (Å²) in [5.41, 5.74) is 0.736. The van der Waals surface area contributed by atoms with Crippen LogP contribution >= 0.6 is 0 Å². The van der Waals surface area contributed by atoms with E-state index in [0.717, 1.165) is 11.3 Å². The Balaban J connectivity index is 3.16. The topological polar surface area (TPSA) is 44.8 Å². The zero-order valence-corrected chi connectivity index (χ0v) is 10.9. The predicted molar refractivity (Wildman–Crippen MR) is 64.7 cm³/mol. The van der Waals surface area contributed by atoms with Crippen LogP contribution in [0.4, 0.5) is 4.79 Å². The Morgan fingerprint density at radius 1 is 1.18 bits per heavy atom. The Bertz CT molecular complexity index is 404. The van der Waals surface area contributed by atoms with Crippen molar-refractivity contribution in [1.29, 1.82) is 0 Å². The number of hydrogen-bond donors (Lipinski definition) is 0. The second-order valence-electron chi connectivity index (χ2n) is 4.67. The number of benzene rings is 1. The SMILES string of the molecule is COC(=O)Oc1ccc(OC)cc1C(C)(C)C. The van der Waals surface area contributed by atoms with Crippen LogP contribution in [0.5, 0.6) is 11.5 Å². The molecule has 0 aliphatic rings. The van der Waals surface area contributed by atoms with Crippen LogP contribution in [0.1, 0.15) is 26.3 Å². The fourth-order valence-corrected chi connectivity index (χ4v) is 1.44. The van der Waals surface area contributed by atoms with Gasteiger partial charge in [0.25, 0.3) is 0 Å². The summed E-state index contributed by atoms with van der Waals surface area (Å²) >= 11 is 0. The molecule has 4 heteroatoms. The number of carbonyl (C=O) groups is 1. The standard InChI is InChI=1S/C13H18O4/c1-13(2,3)10-8-9(15-4)6-7-11(10)17-12(14)16-5/h6-8H,1-5H3. The van der Waals surface area contributed by atoms with Gasteiger partial charge in [-0.2, -0.15) is 0 Å². The second kappa shape index (κ2) is 5.08. The molecule has 0 atom stereocenters. The van der Waals surface area contributed by atoms with E-state index in [1.165, 1.54) is 7.11 Å². The molecule has 94 valence electrons. The van der Waals surface area contributed by atoms with E-state index < -0.39 is 6.16 Å². The molecule has 0 aliphatic carbocycles. The van der Waals surface area contributed by atoms with Gasteiger partial charge in [0.1, 0.15) is 11.5 Å². The Hall–Kier alpha value is -1.71. The van der Waals surface area contributed by atoms with E-state index in [0.29, 0.717) is 5.75 Å². The molecule has 0 spiro atoms. The minimum atomic E-state index is -0.722. The Kier molecular flexibility index (Phi) is 3.99. The molecule has 0 fully saturated rings. The molecule has 1 rings (SSSR count). The number of ether oxygens (including phenoxy) is 3. The van der Waals surface area contributed by atoms with Gasteiger partial charge in [0.2, 0.25) is 0 Å². The van der Waals surface area contributed by atoms with Crippen molar-refractivity contribution in [3.05, 3.63) is 23.8 Å².